The number of carboxylic acids is 2. The smallest absolute Gasteiger partial charge is 0.335 e. The zero-order valence-corrected chi connectivity index (χ0v) is 22.1. The van der Waals surface area contributed by atoms with Crippen LogP contribution in [0.3, 0.4) is 0 Å². The highest BCUT2D eigenvalue weighted by atomic mass is 16.4. The average molecular weight is 611 g/mol. The molecule has 10 N–H and O–H groups in total. The lowest BCUT2D eigenvalue weighted by Gasteiger charge is -2.37. The van der Waals surface area contributed by atoms with Crippen LogP contribution < -0.4 is 22.9 Å². The van der Waals surface area contributed by atoms with Crippen LogP contribution in [0.1, 0.15) is 72.7 Å². The Balaban J connectivity index is 0.00000104. The first-order valence-corrected chi connectivity index (χ1v) is 12.6. The van der Waals surface area contributed by atoms with Gasteiger partial charge in [0, 0.05) is 22.7 Å². The minimum absolute atomic E-state index is 0. The van der Waals surface area contributed by atoms with Gasteiger partial charge in [-0.15, -0.1) is 0 Å². The van der Waals surface area contributed by atoms with Gasteiger partial charge in [0.05, 0.1) is 16.5 Å². The molecule has 0 saturated heterocycles. The molecule has 0 saturated carbocycles. The number of nitrogen functional groups attached to an aromatic ring is 4. The van der Waals surface area contributed by atoms with Crippen LogP contribution in [0.25, 0.3) is 0 Å². The van der Waals surface area contributed by atoms with Crippen molar-refractivity contribution in [3.8, 4) is 0 Å². The van der Waals surface area contributed by atoms with Crippen molar-refractivity contribution in [1.82, 2.24) is 0 Å². The second-order valence-corrected chi connectivity index (χ2v) is 9.43. The lowest BCUT2D eigenvalue weighted by Crippen LogP contribution is -2.31. The molecule has 0 unspecified atom stereocenters. The summed E-state index contributed by atoms with van der Waals surface area (Å²) < 4.78 is 0. The zero-order valence-electron chi connectivity index (χ0n) is 22.1. The van der Waals surface area contributed by atoms with E-state index in [0.29, 0.717) is 0 Å². The number of hydrogen-bond acceptors (Lipinski definition) is 6. The van der Waals surface area contributed by atoms with Gasteiger partial charge in [-0.3, -0.25) is 0 Å². The Morgan fingerprint density at radius 1 is 0.378 bits per heavy atom. The molecule has 5 aromatic rings. The van der Waals surface area contributed by atoms with Crippen LogP contribution in [-0.4, -0.2) is 22.2 Å². The summed E-state index contributed by atoms with van der Waals surface area (Å²) in [5.74, 6) is -2.13. The molecule has 0 aliphatic heterocycles. The lowest BCUT2D eigenvalue weighted by atomic mass is 9.65. The third-order valence-corrected chi connectivity index (χ3v) is 6.75. The highest BCUT2D eigenvalue weighted by Crippen LogP contribution is 2.45. The van der Waals surface area contributed by atoms with Crippen molar-refractivity contribution >= 4 is 34.7 Å². The standard InChI is InChI=1S/C25H24N4.C8H6O4.4CH4/c26-21-9-1-17(2-10-21)25(18-3-11-22(27)12-4-18,19-5-13-23(28)14-6-19)20-7-15-24(29)16-8-20;9-7(10)5-1-2-6(4-3-5)8(11)12;;;;/h1-16H,26-29H2;1-4H,(H,9,10)(H,11,12);4*1H4. The molecule has 5 rings (SSSR count). The Hall–Kier alpha value is -5.76. The van der Waals surface area contributed by atoms with Gasteiger partial charge in [0.15, 0.2) is 0 Å². The van der Waals surface area contributed by atoms with Crippen molar-refractivity contribution in [2.75, 3.05) is 22.9 Å². The van der Waals surface area contributed by atoms with Crippen molar-refractivity contribution in [1.29, 1.82) is 0 Å². The maximum Gasteiger partial charge on any atom is 0.335 e. The van der Waals surface area contributed by atoms with Gasteiger partial charge in [-0.25, -0.2) is 9.59 Å². The minimum Gasteiger partial charge on any atom is -0.478 e. The molecule has 0 bridgehead atoms. The van der Waals surface area contributed by atoms with Gasteiger partial charge in [0.25, 0.3) is 0 Å². The molecule has 8 nitrogen and oxygen atoms in total. The molecule has 0 aromatic heterocycles. The summed E-state index contributed by atoms with van der Waals surface area (Å²) in [5, 5.41) is 16.9. The first-order chi connectivity index (χ1) is 19.6. The first-order valence-electron chi connectivity index (χ1n) is 12.6. The summed E-state index contributed by atoms with van der Waals surface area (Å²) in [5.41, 5.74) is 30.8. The molecular weight excluding hydrogens is 564 g/mol. The third kappa shape index (κ3) is 8.64. The van der Waals surface area contributed by atoms with Crippen molar-refractivity contribution in [3.63, 3.8) is 0 Å². The van der Waals surface area contributed by atoms with Crippen molar-refractivity contribution in [3.05, 3.63) is 155 Å². The van der Waals surface area contributed by atoms with Crippen LogP contribution in [0.4, 0.5) is 22.7 Å². The molecule has 0 atom stereocenters. The average Bonchev–Trinajstić information content (AvgIpc) is 2.97. The Morgan fingerprint density at radius 3 is 0.711 bits per heavy atom. The minimum atomic E-state index is -1.06. The van der Waals surface area contributed by atoms with Crippen LogP contribution in [-0.2, 0) is 5.41 Å². The van der Waals surface area contributed by atoms with E-state index in [2.05, 4.69) is 48.5 Å². The molecular formula is C37H46N4O4. The maximum absolute atomic E-state index is 10.3. The predicted octanol–water partition coefficient (Wildman–Crippen LogP) is 8.03. The van der Waals surface area contributed by atoms with Crippen LogP contribution in [0.15, 0.2) is 121 Å². The Morgan fingerprint density at radius 2 is 0.556 bits per heavy atom. The molecule has 0 fully saturated rings. The number of carboxylic acid groups (broad SMARTS) is 2. The van der Waals surface area contributed by atoms with E-state index in [0.717, 1.165) is 45.0 Å². The number of hydrogen-bond donors (Lipinski definition) is 6. The maximum atomic E-state index is 10.3. The van der Waals surface area contributed by atoms with E-state index in [-0.39, 0.29) is 40.8 Å². The van der Waals surface area contributed by atoms with E-state index in [1.54, 1.807) is 0 Å². The highest BCUT2D eigenvalue weighted by molar-refractivity contribution is 5.91. The molecule has 0 radical (unpaired) electrons. The molecule has 0 aliphatic rings. The number of rotatable bonds is 6. The van der Waals surface area contributed by atoms with E-state index < -0.39 is 17.4 Å². The first kappa shape index (κ1) is 39.2. The number of anilines is 4. The second-order valence-electron chi connectivity index (χ2n) is 9.43. The number of nitrogens with two attached hydrogens (primary N) is 4. The van der Waals surface area contributed by atoms with Crippen molar-refractivity contribution < 1.29 is 19.8 Å². The normalized spacial score (nSPS) is 9.78. The van der Waals surface area contributed by atoms with Gasteiger partial charge in [0.1, 0.15) is 0 Å². The summed E-state index contributed by atoms with van der Waals surface area (Å²) >= 11 is 0. The van der Waals surface area contributed by atoms with Crippen LogP contribution in [0.5, 0.6) is 0 Å². The fourth-order valence-corrected chi connectivity index (χ4v) is 4.69. The Bertz CT molecular complexity index is 1410. The van der Waals surface area contributed by atoms with Gasteiger partial charge >= 0.3 is 11.9 Å². The van der Waals surface area contributed by atoms with E-state index in [1.807, 2.05) is 48.5 Å². The Kier molecular flexibility index (Phi) is 14.6. The van der Waals surface area contributed by atoms with Gasteiger partial charge in [-0.2, -0.15) is 0 Å². The molecule has 45 heavy (non-hydrogen) atoms. The Labute approximate surface area is 267 Å². The van der Waals surface area contributed by atoms with Gasteiger partial charge in [-0.05, 0) is 95.1 Å². The van der Waals surface area contributed by atoms with E-state index in [9.17, 15) is 9.59 Å². The SMILES string of the molecule is C.C.C.C.Nc1ccc(C(c2ccc(N)cc2)(c2ccc(N)cc2)c2ccc(N)cc2)cc1.O=C(O)c1ccc(C(=O)O)cc1. The van der Waals surface area contributed by atoms with Crippen LogP contribution >= 0.6 is 0 Å². The fourth-order valence-electron chi connectivity index (χ4n) is 4.69. The second kappa shape index (κ2) is 16.8. The summed E-state index contributed by atoms with van der Waals surface area (Å²) in [7, 11) is 0. The molecule has 8 heteroatoms. The van der Waals surface area contributed by atoms with Gasteiger partial charge in [-0.1, -0.05) is 78.2 Å². The van der Waals surface area contributed by atoms with Gasteiger partial charge < -0.3 is 33.1 Å². The van der Waals surface area contributed by atoms with E-state index >= 15 is 0 Å². The number of aromatic carboxylic acids is 2. The van der Waals surface area contributed by atoms with Crippen LogP contribution in [0, 0.1) is 0 Å². The van der Waals surface area contributed by atoms with Gasteiger partial charge in [0.2, 0.25) is 0 Å². The molecule has 0 spiro atoms. The monoisotopic (exact) mass is 610 g/mol. The van der Waals surface area contributed by atoms with E-state index in [4.69, 9.17) is 33.1 Å². The van der Waals surface area contributed by atoms with E-state index in [1.165, 1.54) is 24.3 Å². The number of carbonyl (C=O) groups is 2. The molecule has 0 heterocycles. The van der Waals surface area contributed by atoms with Crippen molar-refractivity contribution in [2.45, 2.75) is 35.1 Å². The predicted molar refractivity (Wildman–Crippen MR) is 190 cm³/mol. The molecule has 5 aromatic carbocycles. The highest BCUT2D eigenvalue weighted by Gasteiger charge is 2.38. The largest absolute Gasteiger partial charge is 0.478 e. The topological polar surface area (TPSA) is 179 Å². The molecule has 238 valence electrons. The van der Waals surface area contributed by atoms with Crippen LogP contribution in [0.2, 0.25) is 0 Å². The lowest BCUT2D eigenvalue weighted by molar-refractivity contribution is 0.0681. The summed E-state index contributed by atoms with van der Waals surface area (Å²) in [6.07, 6.45) is 0. The summed E-state index contributed by atoms with van der Waals surface area (Å²) in [6, 6.07) is 37.0. The van der Waals surface area contributed by atoms with Crippen molar-refractivity contribution in [2.24, 2.45) is 0 Å². The molecule has 0 amide bonds. The summed E-state index contributed by atoms with van der Waals surface area (Å²) in [6.45, 7) is 0. The quantitative estimate of drug-likeness (QED) is 0.0826. The number of benzene rings is 5. The summed E-state index contributed by atoms with van der Waals surface area (Å²) in [4.78, 5) is 20.7. The fraction of sp³-hybridized carbons (Fsp3) is 0.135. The third-order valence-electron chi connectivity index (χ3n) is 6.75. The molecule has 0 aliphatic carbocycles. The zero-order chi connectivity index (χ0) is 29.6.